The summed E-state index contributed by atoms with van der Waals surface area (Å²) in [6.07, 6.45) is 9.00. The normalized spacial score (nSPS) is 15.1. The molecule has 5 heteroatoms. The van der Waals surface area contributed by atoms with Crippen LogP contribution in [0, 0.1) is 0 Å². The Hall–Kier alpha value is -5.52. The van der Waals surface area contributed by atoms with E-state index in [1.807, 2.05) is 0 Å². The predicted octanol–water partition coefficient (Wildman–Crippen LogP) is 9.21. The number of benzene rings is 5. The molecule has 224 valence electrons. The van der Waals surface area contributed by atoms with Crippen LogP contribution in [0.4, 0.5) is 0 Å². The third-order valence-corrected chi connectivity index (χ3v) is 13.6. The molecule has 0 radical (unpaired) electrons. The number of fused-ring (bicyclic) bond motifs is 10. The first-order valence-electron chi connectivity index (χ1n) is 16.5. The molecule has 0 saturated heterocycles. The Labute approximate surface area is 274 Å². The van der Waals surface area contributed by atoms with Crippen LogP contribution in [0.2, 0.25) is 13.1 Å². The van der Waals surface area contributed by atoms with Crippen molar-refractivity contribution in [3.8, 4) is 22.8 Å². The third kappa shape index (κ3) is 3.63. The Morgan fingerprint density at radius 1 is 0.617 bits per heavy atom. The molecule has 0 saturated carbocycles. The summed E-state index contributed by atoms with van der Waals surface area (Å²) in [6.45, 7) is 4.88. The number of aromatic nitrogens is 4. The van der Waals surface area contributed by atoms with Gasteiger partial charge in [0.15, 0.2) is 0 Å². The number of para-hydroxylation sites is 3. The van der Waals surface area contributed by atoms with Gasteiger partial charge in [0.2, 0.25) is 5.95 Å². The lowest BCUT2D eigenvalue weighted by molar-refractivity contribution is 0.987. The fourth-order valence-corrected chi connectivity index (χ4v) is 11.1. The first kappa shape index (κ1) is 26.7. The molecule has 3 aromatic heterocycles. The first-order chi connectivity index (χ1) is 23.1. The monoisotopic (exact) mass is 620 g/mol. The molecule has 2 aliphatic rings. The van der Waals surface area contributed by atoms with Gasteiger partial charge in [-0.2, -0.15) is 0 Å². The fourth-order valence-electron chi connectivity index (χ4n) is 8.20. The minimum absolute atomic E-state index is 0.750. The fraction of sp³-hybridized carbons (Fsp3) is 0.0952. The Morgan fingerprint density at radius 3 is 2.15 bits per heavy atom. The second-order valence-electron chi connectivity index (χ2n) is 13.3. The number of hydrogen-bond acceptors (Lipinski definition) is 2. The molecule has 8 aromatic rings. The summed E-state index contributed by atoms with van der Waals surface area (Å²) in [5.74, 6) is 0.750. The summed E-state index contributed by atoms with van der Waals surface area (Å²) >= 11 is 0. The van der Waals surface area contributed by atoms with Gasteiger partial charge in [0.25, 0.3) is 0 Å². The third-order valence-electron chi connectivity index (χ3n) is 10.3. The van der Waals surface area contributed by atoms with E-state index < -0.39 is 8.07 Å². The van der Waals surface area contributed by atoms with Gasteiger partial charge in [0.05, 0.1) is 27.8 Å². The summed E-state index contributed by atoms with van der Waals surface area (Å²) in [4.78, 5) is 11.1. The Kier molecular flexibility index (Phi) is 5.53. The molecule has 1 aliphatic carbocycles. The molecular formula is C42H32N4Si. The van der Waals surface area contributed by atoms with Crippen molar-refractivity contribution in [3.63, 3.8) is 0 Å². The van der Waals surface area contributed by atoms with E-state index in [4.69, 9.17) is 9.97 Å². The van der Waals surface area contributed by atoms with Crippen LogP contribution in [0.25, 0.3) is 71.9 Å². The standard InChI is InChI=1S/C42H32N4Si/c1-47(2)36-24-14-11-21-32(36)38-39(27-15-5-3-6-16-27)43-42(44-41(38)47)46-34-23-13-10-20-31(34)37-35(46)26-25-30-29-19-9-12-22-33(29)45(40(30)37)28-17-7-4-8-18-28/h4-5,7-26H,3,6H2,1-2H3. The molecule has 0 unspecified atom stereocenters. The van der Waals surface area contributed by atoms with Crippen LogP contribution in [0.3, 0.4) is 0 Å². The SMILES string of the molecule is C[Si]1(C)c2ccccc2-c2c(C3=CCCC=C3)nc(-n3c4ccccc4c4c3ccc3c5ccccc5n(-c5ccccc5)c34)nc21. The van der Waals surface area contributed by atoms with Crippen molar-refractivity contribution in [2.75, 3.05) is 0 Å². The molecule has 4 nitrogen and oxygen atoms in total. The molecule has 0 fully saturated rings. The summed E-state index contributed by atoms with van der Waals surface area (Å²) < 4.78 is 4.75. The summed E-state index contributed by atoms with van der Waals surface area (Å²) in [6, 6.07) is 41.8. The molecule has 5 aromatic carbocycles. The second-order valence-corrected chi connectivity index (χ2v) is 17.6. The number of rotatable bonds is 3. The summed E-state index contributed by atoms with van der Waals surface area (Å²) in [7, 11) is -2.09. The molecule has 0 N–H and O–H groups in total. The lowest BCUT2D eigenvalue weighted by Gasteiger charge is -2.20. The van der Waals surface area contributed by atoms with Crippen molar-refractivity contribution < 1.29 is 0 Å². The van der Waals surface area contributed by atoms with Gasteiger partial charge in [-0.25, -0.2) is 9.97 Å². The van der Waals surface area contributed by atoms with Crippen LogP contribution >= 0.6 is 0 Å². The Morgan fingerprint density at radius 2 is 1.34 bits per heavy atom. The van der Waals surface area contributed by atoms with Crippen molar-refractivity contribution in [1.29, 1.82) is 0 Å². The second kappa shape index (κ2) is 9.74. The van der Waals surface area contributed by atoms with E-state index in [0.717, 1.165) is 41.2 Å². The van der Waals surface area contributed by atoms with Gasteiger partial charge in [-0.3, -0.25) is 4.57 Å². The smallest absolute Gasteiger partial charge is 0.235 e. The Bertz CT molecular complexity index is 2650. The highest BCUT2D eigenvalue weighted by Crippen LogP contribution is 2.42. The number of allylic oxidation sites excluding steroid dienone is 4. The van der Waals surface area contributed by atoms with Crippen LogP contribution in [0.1, 0.15) is 18.5 Å². The average molecular weight is 621 g/mol. The van der Waals surface area contributed by atoms with Gasteiger partial charge >= 0.3 is 0 Å². The molecule has 47 heavy (non-hydrogen) atoms. The van der Waals surface area contributed by atoms with E-state index in [1.165, 1.54) is 59.8 Å². The topological polar surface area (TPSA) is 35.6 Å². The number of hydrogen-bond donors (Lipinski definition) is 0. The molecule has 10 rings (SSSR count). The van der Waals surface area contributed by atoms with E-state index in [2.05, 4.69) is 156 Å². The number of nitrogens with zero attached hydrogens (tertiary/aromatic N) is 4. The van der Waals surface area contributed by atoms with E-state index in [1.54, 1.807) is 0 Å². The van der Waals surface area contributed by atoms with E-state index in [9.17, 15) is 0 Å². The largest absolute Gasteiger partial charge is 0.309 e. The van der Waals surface area contributed by atoms with Gasteiger partial charge in [0, 0.05) is 38.1 Å². The van der Waals surface area contributed by atoms with Crippen molar-refractivity contribution in [3.05, 3.63) is 139 Å². The van der Waals surface area contributed by atoms with E-state index in [-0.39, 0.29) is 0 Å². The maximum Gasteiger partial charge on any atom is 0.235 e. The predicted molar refractivity (Wildman–Crippen MR) is 199 cm³/mol. The lowest BCUT2D eigenvalue weighted by atomic mass is 9.97. The molecule has 4 heterocycles. The minimum Gasteiger partial charge on any atom is -0.309 e. The van der Waals surface area contributed by atoms with E-state index in [0.29, 0.717) is 0 Å². The molecule has 0 atom stereocenters. The molecular weight excluding hydrogens is 589 g/mol. The Balaban J connectivity index is 1.36. The van der Waals surface area contributed by atoms with Crippen LogP contribution in [0.15, 0.2) is 133 Å². The maximum absolute atomic E-state index is 5.58. The molecule has 1 aliphatic heterocycles. The highest BCUT2D eigenvalue weighted by molar-refractivity contribution is 7.03. The minimum atomic E-state index is -2.09. The van der Waals surface area contributed by atoms with Crippen molar-refractivity contribution in [1.82, 2.24) is 19.1 Å². The van der Waals surface area contributed by atoms with Crippen molar-refractivity contribution in [2.24, 2.45) is 0 Å². The van der Waals surface area contributed by atoms with Crippen molar-refractivity contribution >= 4 is 67.8 Å². The quantitative estimate of drug-likeness (QED) is 0.185. The lowest BCUT2D eigenvalue weighted by Crippen LogP contribution is -2.51. The molecule has 0 bridgehead atoms. The summed E-state index contributed by atoms with van der Waals surface area (Å²) in [5, 5.41) is 7.60. The van der Waals surface area contributed by atoms with Crippen molar-refractivity contribution in [2.45, 2.75) is 25.9 Å². The van der Waals surface area contributed by atoms with E-state index >= 15 is 0 Å². The molecule has 0 amide bonds. The zero-order chi connectivity index (χ0) is 31.3. The van der Waals surface area contributed by atoms with Gasteiger partial charge in [-0.05, 0) is 59.5 Å². The van der Waals surface area contributed by atoms with Gasteiger partial charge in [-0.1, -0.05) is 116 Å². The highest BCUT2D eigenvalue weighted by Gasteiger charge is 2.42. The average Bonchev–Trinajstić information content (AvgIpc) is 3.72. The van der Waals surface area contributed by atoms with Crippen LogP contribution in [-0.2, 0) is 0 Å². The summed E-state index contributed by atoms with van der Waals surface area (Å²) in [5.41, 5.74) is 10.6. The first-order valence-corrected chi connectivity index (χ1v) is 19.5. The zero-order valence-electron chi connectivity index (χ0n) is 26.4. The highest BCUT2D eigenvalue weighted by atomic mass is 28.3. The van der Waals surface area contributed by atoms with Gasteiger partial charge < -0.3 is 4.57 Å². The van der Waals surface area contributed by atoms with Crippen LogP contribution in [0.5, 0.6) is 0 Å². The van der Waals surface area contributed by atoms with Gasteiger partial charge in [-0.15, -0.1) is 0 Å². The molecule has 0 spiro atoms. The zero-order valence-corrected chi connectivity index (χ0v) is 27.4. The maximum atomic E-state index is 5.58. The van der Waals surface area contributed by atoms with Gasteiger partial charge in [0.1, 0.15) is 8.07 Å². The van der Waals surface area contributed by atoms with Crippen LogP contribution in [-0.4, -0.2) is 27.2 Å². The van der Waals surface area contributed by atoms with Crippen LogP contribution < -0.4 is 10.5 Å².